The van der Waals surface area contributed by atoms with Crippen molar-refractivity contribution in [2.24, 2.45) is 5.92 Å². The highest BCUT2D eigenvalue weighted by Gasteiger charge is 2.31. The number of fused-ring (bicyclic) bond motifs is 1. The summed E-state index contributed by atoms with van der Waals surface area (Å²) in [6.07, 6.45) is 0.379. The van der Waals surface area contributed by atoms with E-state index in [2.05, 4.69) is 11.4 Å². The van der Waals surface area contributed by atoms with Gasteiger partial charge in [0.05, 0.1) is 24.3 Å². The van der Waals surface area contributed by atoms with Crippen LogP contribution in [0.15, 0.2) is 53.9 Å². The van der Waals surface area contributed by atoms with Crippen molar-refractivity contribution in [3.8, 4) is 21.8 Å². The number of aromatic nitrogens is 1. The normalized spacial score (nSPS) is 18.7. The Morgan fingerprint density at radius 2 is 2.04 bits per heavy atom. The maximum atomic E-state index is 12.1. The Morgan fingerprint density at radius 3 is 2.81 bits per heavy atom. The average Bonchev–Trinajstić information content (AvgIpc) is 3.18. The third kappa shape index (κ3) is 3.66. The Morgan fingerprint density at radius 1 is 1.22 bits per heavy atom. The molecule has 5 heteroatoms. The molecular weight excluding hydrogens is 358 g/mol. The summed E-state index contributed by atoms with van der Waals surface area (Å²) >= 11 is 1.60. The molecule has 1 aliphatic rings. The summed E-state index contributed by atoms with van der Waals surface area (Å²) in [6.45, 7) is 2.16. The van der Waals surface area contributed by atoms with E-state index in [1.807, 2.05) is 42.5 Å². The molecule has 138 valence electrons. The number of hydrogen-bond acceptors (Lipinski definition) is 5. The number of benzene rings is 2. The summed E-state index contributed by atoms with van der Waals surface area (Å²) in [6, 6.07) is 16.1. The average molecular weight is 379 g/mol. The predicted molar refractivity (Wildman–Crippen MR) is 106 cm³/mol. The van der Waals surface area contributed by atoms with Gasteiger partial charge in [-0.3, -0.25) is 4.79 Å². The van der Waals surface area contributed by atoms with Crippen LogP contribution in [0.5, 0.6) is 0 Å². The second-order valence-corrected chi connectivity index (χ2v) is 7.58. The molecule has 1 N–H and O–H groups in total. The molecule has 1 aromatic heterocycles. The molecule has 0 bridgehead atoms. The first-order chi connectivity index (χ1) is 13.2. The van der Waals surface area contributed by atoms with E-state index in [1.54, 1.807) is 18.3 Å². The van der Waals surface area contributed by atoms with Crippen LogP contribution < -0.4 is 0 Å². The highest BCUT2D eigenvalue weighted by Crippen LogP contribution is 2.37. The maximum absolute atomic E-state index is 12.1. The molecule has 3 aromatic rings. The Balaban J connectivity index is 1.62. The third-order valence-corrected chi connectivity index (χ3v) is 5.81. The fourth-order valence-corrected chi connectivity index (χ4v) is 4.40. The minimum absolute atomic E-state index is 0.229. The third-order valence-electron chi connectivity index (χ3n) is 4.92. The highest BCUT2D eigenvalue weighted by molar-refractivity contribution is 7.13. The second-order valence-electron chi connectivity index (χ2n) is 6.72. The fraction of sp³-hybridized carbons (Fsp3) is 0.273. The highest BCUT2D eigenvalue weighted by atomic mass is 32.1. The fourth-order valence-electron chi connectivity index (χ4n) is 3.57. The van der Waals surface area contributed by atoms with E-state index in [1.165, 1.54) is 0 Å². The molecule has 0 saturated carbocycles. The molecule has 2 atom stereocenters. The van der Waals surface area contributed by atoms with Crippen molar-refractivity contribution in [3.05, 3.63) is 65.0 Å². The number of aliphatic hydroxyl groups excluding tert-OH is 1. The largest absolute Gasteiger partial charge is 0.466 e. The molecule has 4 nitrogen and oxygen atoms in total. The van der Waals surface area contributed by atoms with Gasteiger partial charge in [-0.1, -0.05) is 42.5 Å². The summed E-state index contributed by atoms with van der Waals surface area (Å²) in [5, 5.41) is 13.4. The van der Waals surface area contributed by atoms with Crippen molar-refractivity contribution in [3.63, 3.8) is 0 Å². The molecule has 2 unspecified atom stereocenters. The summed E-state index contributed by atoms with van der Waals surface area (Å²) in [7, 11) is 0. The monoisotopic (exact) mass is 379 g/mol. The number of esters is 1. The van der Waals surface area contributed by atoms with Crippen LogP contribution in [-0.2, 0) is 16.0 Å². The number of hydrogen-bond donors (Lipinski definition) is 1. The summed E-state index contributed by atoms with van der Waals surface area (Å²) in [5.41, 5.74) is 4.96. The van der Waals surface area contributed by atoms with Crippen LogP contribution in [0.2, 0.25) is 0 Å². The maximum Gasteiger partial charge on any atom is 0.309 e. The van der Waals surface area contributed by atoms with Crippen LogP contribution in [-0.4, -0.2) is 22.7 Å². The lowest BCUT2D eigenvalue weighted by Crippen LogP contribution is -2.27. The number of ether oxygens (including phenoxy) is 1. The van der Waals surface area contributed by atoms with E-state index in [9.17, 15) is 9.90 Å². The van der Waals surface area contributed by atoms with Crippen molar-refractivity contribution < 1.29 is 14.6 Å². The molecule has 1 aliphatic carbocycles. The van der Waals surface area contributed by atoms with Crippen LogP contribution in [0.4, 0.5) is 0 Å². The number of nitrogens with zero attached hydrogens (tertiary/aromatic N) is 1. The topological polar surface area (TPSA) is 59.4 Å². The van der Waals surface area contributed by atoms with Crippen LogP contribution in [0.3, 0.4) is 0 Å². The zero-order valence-electron chi connectivity index (χ0n) is 15.1. The number of carbonyl (C=O) groups is 1. The van der Waals surface area contributed by atoms with Gasteiger partial charge in [-0.05, 0) is 37.0 Å². The minimum Gasteiger partial charge on any atom is -0.466 e. The van der Waals surface area contributed by atoms with Gasteiger partial charge in [-0.2, -0.15) is 0 Å². The molecule has 0 saturated heterocycles. The Kier molecular flexibility index (Phi) is 5.05. The van der Waals surface area contributed by atoms with Gasteiger partial charge >= 0.3 is 5.97 Å². The van der Waals surface area contributed by atoms with E-state index in [4.69, 9.17) is 9.72 Å². The lowest BCUT2D eigenvalue weighted by molar-refractivity contribution is -0.149. The Labute approximate surface area is 162 Å². The smallest absolute Gasteiger partial charge is 0.309 e. The molecule has 0 aliphatic heterocycles. The number of carbonyl (C=O) groups excluding carboxylic acids is 1. The number of aliphatic hydroxyl groups is 1. The van der Waals surface area contributed by atoms with Gasteiger partial charge in [0, 0.05) is 16.5 Å². The van der Waals surface area contributed by atoms with Crippen molar-refractivity contribution in [2.45, 2.75) is 25.9 Å². The predicted octanol–water partition coefficient (Wildman–Crippen LogP) is 4.64. The molecule has 1 heterocycles. The second kappa shape index (κ2) is 7.62. The minimum atomic E-state index is -0.631. The zero-order valence-corrected chi connectivity index (χ0v) is 15.9. The quantitative estimate of drug-likeness (QED) is 0.671. The lowest BCUT2D eigenvalue weighted by atomic mass is 9.81. The van der Waals surface area contributed by atoms with Crippen LogP contribution in [0.1, 0.15) is 30.6 Å². The first kappa shape index (κ1) is 17.9. The molecule has 0 amide bonds. The van der Waals surface area contributed by atoms with Gasteiger partial charge in [-0.25, -0.2) is 4.98 Å². The lowest BCUT2D eigenvalue weighted by Gasteiger charge is -2.27. The first-order valence-electron chi connectivity index (χ1n) is 9.14. The van der Waals surface area contributed by atoms with Gasteiger partial charge in [0.15, 0.2) is 0 Å². The first-order valence-corrected chi connectivity index (χ1v) is 10.0. The van der Waals surface area contributed by atoms with E-state index in [-0.39, 0.29) is 11.9 Å². The van der Waals surface area contributed by atoms with E-state index in [0.717, 1.165) is 33.0 Å². The Bertz CT molecular complexity index is 951. The van der Waals surface area contributed by atoms with E-state index >= 15 is 0 Å². The molecular formula is C22H21NO3S. The SMILES string of the molecule is CCOC(=O)C1Cc2cc(-c3nc(-c4ccccc4)cs3)ccc2C(O)C1. The van der Waals surface area contributed by atoms with E-state index < -0.39 is 6.10 Å². The Hall–Kier alpha value is -2.50. The molecule has 0 radical (unpaired) electrons. The number of rotatable bonds is 4. The van der Waals surface area contributed by atoms with Gasteiger partial charge in [-0.15, -0.1) is 11.3 Å². The van der Waals surface area contributed by atoms with Crippen molar-refractivity contribution in [2.75, 3.05) is 6.61 Å². The number of thiazole rings is 1. The zero-order chi connectivity index (χ0) is 18.8. The van der Waals surface area contributed by atoms with Crippen LogP contribution >= 0.6 is 11.3 Å². The molecule has 27 heavy (non-hydrogen) atoms. The molecule has 0 spiro atoms. The molecule has 0 fully saturated rings. The van der Waals surface area contributed by atoms with Crippen LogP contribution in [0.25, 0.3) is 21.8 Å². The van der Waals surface area contributed by atoms with Gasteiger partial charge in [0.1, 0.15) is 5.01 Å². The van der Waals surface area contributed by atoms with Gasteiger partial charge in [0.2, 0.25) is 0 Å². The molecule has 4 rings (SSSR count). The van der Waals surface area contributed by atoms with Crippen molar-refractivity contribution >= 4 is 17.3 Å². The summed E-state index contributed by atoms with van der Waals surface area (Å²) < 4.78 is 5.15. The van der Waals surface area contributed by atoms with Gasteiger partial charge < -0.3 is 9.84 Å². The van der Waals surface area contributed by atoms with Gasteiger partial charge in [0.25, 0.3) is 0 Å². The summed E-state index contributed by atoms with van der Waals surface area (Å²) in [5.74, 6) is -0.521. The summed E-state index contributed by atoms with van der Waals surface area (Å²) in [4.78, 5) is 16.9. The van der Waals surface area contributed by atoms with Crippen LogP contribution in [0, 0.1) is 5.92 Å². The molecule has 2 aromatic carbocycles. The van der Waals surface area contributed by atoms with Crippen molar-refractivity contribution in [1.82, 2.24) is 4.98 Å². The standard InChI is InChI=1S/C22H21NO3S/c1-2-26-22(25)17-11-16-10-15(8-9-18(16)20(24)12-17)21-23-19(13-27-21)14-6-4-3-5-7-14/h3-10,13,17,20,24H,2,11-12H2,1H3. The van der Waals surface area contributed by atoms with E-state index in [0.29, 0.717) is 19.4 Å². The van der Waals surface area contributed by atoms with Crippen molar-refractivity contribution in [1.29, 1.82) is 0 Å².